The van der Waals surface area contributed by atoms with Crippen LogP contribution in [0.4, 0.5) is 5.69 Å². The quantitative estimate of drug-likeness (QED) is 0.772. The Balaban J connectivity index is 2.84. The third-order valence-corrected chi connectivity index (χ3v) is 2.44. The maximum Gasteiger partial charge on any atom is 0.254 e. The maximum atomic E-state index is 11.7. The summed E-state index contributed by atoms with van der Waals surface area (Å²) >= 11 is 5.87. The smallest absolute Gasteiger partial charge is 0.254 e. The topological polar surface area (TPSA) is 77.2 Å². The second-order valence-corrected chi connectivity index (χ2v) is 3.60. The van der Waals surface area contributed by atoms with E-state index in [4.69, 9.17) is 22.1 Å². The summed E-state index contributed by atoms with van der Waals surface area (Å²) in [5.41, 5.74) is 6.70. The van der Waals surface area contributed by atoms with E-state index >= 15 is 0 Å². The van der Waals surface area contributed by atoms with Gasteiger partial charge in [0.25, 0.3) is 5.91 Å². The highest BCUT2D eigenvalue weighted by Crippen LogP contribution is 2.22. The highest BCUT2D eigenvalue weighted by atomic mass is 35.5. The number of aryl methyl sites for hydroxylation is 1. The number of halogens is 1. The Morgan fingerprint density at radius 2 is 2.44 bits per heavy atom. The van der Waals surface area contributed by atoms with E-state index in [0.29, 0.717) is 5.69 Å². The highest BCUT2D eigenvalue weighted by molar-refractivity contribution is 6.32. The molecule has 0 saturated heterocycles. The summed E-state index contributed by atoms with van der Waals surface area (Å²) in [6, 6.07) is 1.76. The third kappa shape index (κ3) is 2.91. The van der Waals surface area contributed by atoms with Crippen molar-refractivity contribution < 1.29 is 9.53 Å². The Morgan fingerprint density at radius 3 is 2.94 bits per heavy atom. The molecular formula is C10H14ClN3O2. The number of hydrogen-bond acceptors (Lipinski definition) is 4. The highest BCUT2D eigenvalue weighted by Gasteiger charge is 2.17. The Morgan fingerprint density at radius 1 is 1.75 bits per heavy atom. The molecule has 3 N–H and O–H groups in total. The van der Waals surface area contributed by atoms with E-state index in [2.05, 4.69) is 10.3 Å². The summed E-state index contributed by atoms with van der Waals surface area (Å²) in [5, 5.41) is 2.89. The summed E-state index contributed by atoms with van der Waals surface area (Å²) < 4.78 is 4.91. The van der Waals surface area contributed by atoms with Crippen molar-refractivity contribution in [2.75, 3.05) is 19.0 Å². The number of nitrogens with two attached hydrogens (primary N) is 1. The molecule has 0 aliphatic carbocycles. The van der Waals surface area contributed by atoms with Crippen LogP contribution < -0.4 is 11.1 Å². The number of ether oxygens (including phenoxy) is 1. The minimum atomic E-state index is -0.685. The van der Waals surface area contributed by atoms with E-state index < -0.39 is 6.10 Å². The van der Waals surface area contributed by atoms with Crippen molar-refractivity contribution in [3.05, 3.63) is 23.0 Å². The summed E-state index contributed by atoms with van der Waals surface area (Å²) in [4.78, 5) is 15.6. The molecule has 1 heterocycles. The minimum absolute atomic E-state index is 0.110. The lowest BCUT2D eigenvalue weighted by Crippen LogP contribution is -2.36. The van der Waals surface area contributed by atoms with Gasteiger partial charge in [-0.05, 0) is 18.6 Å². The van der Waals surface area contributed by atoms with Crippen molar-refractivity contribution in [2.45, 2.75) is 13.0 Å². The van der Waals surface area contributed by atoms with Crippen LogP contribution in [0.5, 0.6) is 0 Å². The van der Waals surface area contributed by atoms with Gasteiger partial charge in [0.2, 0.25) is 0 Å². The molecule has 1 aromatic heterocycles. The molecule has 0 aliphatic rings. The summed E-state index contributed by atoms with van der Waals surface area (Å²) in [5.74, 6) is -0.331. The molecule has 16 heavy (non-hydrogen) atoms. The van der Waals surface area contributed by atoms with Crippen LogP contribution in [-0.2, 0) is 9.53 Å². The number of anilines is 1. The lowest BCUT2D eigenvalue weighted by molar-refractivity contribution is -0.125. The molecule has 0 spiro atoms. The van der Waals surface area contributed by atoms with E-state index in [1.54, 1.807) is 12.3 Å². The van der Waals surface area contributed by atoms with Crippen molar-refractivity contribution >= 4 is 23.2 Å². The van der Waals surface area contributed by atoms with Crippen LogP contribution >= 0.6 is 11.6 Å². The molecule has 1 rings (SSSR count). The Hall–Kier alpha value is -1.17. The van der Waals surface area contributed by atoms with Gasteiger partial charge >= 0.3 is 0 Å². The molecule has 1 aromatic rings. The zero-order chi connectivity index (χ0) is 12.1. The predicted octanol–water partition coefficient (Wildman–Crippen LogP) is 0.956. The fourth-order valence-electron chi connectivity index (χ4n) is 1.19. The molecule has 88 valence electrons. The number of nitrogens with one attached hydrogen (secondary N) is 1. The lowest BCUT2D eigenvalue weighted by Gasteiger charge is -2.14. The first kappa shape index (κ1) is 12.9. The van der Waals surface area contributed by atoms with Gasteiger partial charge in [-0.3, -0.25) is 4.79 Å². The molecule has 0 saturated carbocycles. The van der Waals surface area contributed by atoms with Crippen LogP contribution in [0.1, 0.15) is 5.56 Å². The number of pyridine rings is 1. The fraction of sp³-hybridized carbons (Fsp3) is 0.400. The molecule has 0 aromatic carbocycles. The largest absolute Gasteiger partial charge is 0.370 e. The molecule has 0 fully saturated rings. The van der Waals surface area contributed by atoms with Crippen LogP contribution in [0.2, 0.25) is 5.15 Å². The first-order valence-corrected chi connectivity index (χ1v) is 5.12. The van der Waals surface area contributed by atoms with Crippen LogP contribution in [0.3, 0.4) is 0 Å². The number of hydrogen-bond donors (Lipinski definition) is 2. The van der Waals surface area contributed by atoms with Gasteiger partial charge in [0.15, 0.2) is 5.15 Å². The SMILES string of the molecule is COC(CN)C(=O)Nc1c(C)ccnc1Cl. The number of aromatic nitrogens is 1. The van der Waals surface area contributed by atoms with E-state index in [1.807, 2.05) is 6.92 Å². The average molecular weight is 244 g/mol. The van der Waals surface area contributed by atoms with Gasteiger partial charge in [0.05, 0.1) is 5.69 Å². The summed E-state index contributed by atoms with van der Waals surface area (Å²) in [6.07, 6.45) is 0.889. The Kier molecular flexibility index (Phi) is 4.67. The third-order valence-electron chi connectivity index (χ3n) is 2.15. The molecule has 0 aliphatic heterocycles. The van der Waals surface area contributed by atoms with Crippen molar-refractivity contribution in [1.29, 1.82) is 0 Å². The molecular weight excluding hydrogens is 230 g/mol. The predicted molar refractivity (Wildman–Crippen MR) is 62.5 cm³/mol. The zero-order valence-electron chi connectivity index (χ0n) is 9.16. The number of amides is 1. The van der Waals surface area contributed by atoms with Crippen molar-refractivity contribution in [2.24, 2.45) is 5.73 Å². The van der Waals surface area contributed by atoms with Gasteiger partial charge < -0.3 is 15.8 Å². The Bertz CT molecular complexity index is 360. The Labute approximate surface area is 98.9 Å². The summed E-state index contributed by atoms with van der Waals surface area (Å²) in [6.45, 7) is 1.94. The molecule has 0 bridgehead atoms. The molecule has 1 amide bonds. The first-order chi connectivity index (χ1) is 7.60. The van der Waals surface area contributed by atoms with E-state index in [0.717, 1.165) is 5.56 Å². The average Bonchev–Trinajstić information content (AvgIpc) is 2.25. The van der Waals surface area contributed by atoms with Crippen LogP contribution in [-0.4, -0.2) is 30.6 Å². The van der Waals surface area contributed by atoms with Crippen LogP contribution in [0, 0.1) is 6.92 Å². The number of nitrogens with zero attached hydrogens (tertiary/aromatic N) is 1. The van der Waals surface area contributed by atoms with Crippen molar-refractivity contribution in [3.8, 4) is 0 Å². The second kappa shape index (κ2) is 5.79. The molecule has 6 heteroatoms. The number of rotatable bonds is 4. The van der Waals surface area contributed by atoms with Gasteiger partial charge in [-0.2, -0.15) is 0 Å². The van der Waals surface area contributed by atoms with Crippen LogP contribution in [0.25, 0.3) is 0 Å². The normalized spacial score (nSPS) is 12.2. The van der Waals surface area contributed by atoms with Gasteiger partial charge in [-0.25, -0.2) is 4.98 Å². The van der Waals surface area contributed by atoms with E-state index in [1.165, 1.54) is 7.11 Å². The first-order valence-electron chi connectivity index (χ1n) is 4.75. The maximum absolute atomic E-state index is 11.7. The monoisotopic (exact) mass is 243 g/mol. The van der Waals surface area contributed by atoms with Gasteiger partial charge in [-0.1, -0.05) is 11.6 Å². The second-order valence-electron chi connectivity index (χ2n) is 3.24. The standard InChI is InChI=1S/C10H14ClN3O2/c1-6-3-4-13-9(11)8(6)14-10(15)7(5-12)16-2/h3-4,7H,5,12H2,1-2H3,(H,14,15). The van der Waals surface area contributed by atoms with E-state index in [9.17, 15) is 4.79 Å². The van der Waals surface area contributed by atoms with Gasteiger partial charge in [0.1, 0.15) is 6.10 Å². The van der Waals surface area contributed by atoms with E-state index in [-0.39, 0.29) is 17.6 Å². The lowest BCUT2D eigenvalue weighted by atomic mass is 10.2. The number of methoxy groups -OCH3 is 1. The fourth-order valence-corrected chi connectivity index (χ4v) is 1.44. The number of carbonyl (C=O) groups excluding carboxylic acids is 1. The van der Waals surface area contributed by atoms with Crippen molar-refractivity contribution in [3.63, 3.8) is 0 Å². The molecule has 1 atom stereocenters. The van der Waals surface area contributed by atoms with Gasteiger partial charge in [0, 0.05) is 19.9 Å². The minimum Gasteiger partial charge on any atom is -0.370 e. The number of carbonyl (C=O) groups is 1. The molecule has 0 radical (unpaired) electrons. The van der Waals surface area contributed by atoms with Crippen molar-refractivity contribution in [1.82, 2.24) is 4.98 Å². The van der Waals surface area contributed by atoms with Crippen LogP contribution in [0.15, 0.2) is 12.3 Å². The molecule has 5 nitrogen and oxygen atoms in total. The summed E-state index contributed by atoms with van der Waals surface area (Å²) in [7, 11) is 1.43. The van der Waals surface area contributed by atoms with Gasteiger partial charge in [-0.15, -0.1) is 0 Å². The zero-order valence-corrected chi connectivity index (χ0v) is 9.91. The molecule has 1 unspecified atom stereocenters.